The van der Waals surface area contributed by atoms with Crippen molar-refractivity contribution in [2.45, 2.75) is 18.9 Å². The third-order valence-corrected chi connectivity index (χ3v) is 2.72. The molecule has 0 saturated carbocycles. The molecule has 1 atom stereocenters. The molecule has 2 heterocycles. The molecule has 1 amide bonds. The van der Waals surface area contributed by atoms with Gasteiger partial charge < -0.3 is 10.6 Å². The maximum Gasteiger partial charge on any atom is 0.255 e. The summed E-state index contributed by atoms with van der Waals surface area (Å²) in [4.78, 5) is 17.1. The summed E-state index contributed by atoms with van der Waals surface area (Å²) >= 11 is 0. The van der Waals surface area contributed by atoms with Gasteiger partial charge in [0.2, 0.25) is 5.95 Å². The fourth-order valence-corrected chi connectivity index (χ4v) is 1.88. The van der Waals surface area contributed by atoms with Crippen molar-refractivity contribution in [3.05, 3.63) is 29.8 Å². The molecule has 1 aromatic heterocycles. The van der Waals surface area contributed by atoms with E-state index in [0.29, 0.717) is 18.7 Å². The molecule has 1 fully saturated rings. The normalized spacial score (nSPS) is 20.9. The molecule has 1 aliphatic rings. The summed E-state index contributed by atoms with van der Waals surface area (Å²) in [5.41, 5.74) is 6.21. The number of pyridine rings is 1. The van der Waals surface area contributed by atoms with E-state index in [-0.39, 0.29) is 11.9 Å². The minimum Gasteiger partial charge on any atom is -0.337 e. The van der Waals surface area contributed by atoms with Crippen molar-refractivity contribution in [1.82, 2.24) is 9.88 Å². The smallest absolute Gasteiger partial charge is 0.255 e. The first-order valence-electron chi connectivity index (χ1n) is 5.33. The number of nitrogens with two attached hydrogens (primary N) is 1. The van der Waals surface area contributed by atoms with Crippen molar-refractivity contribution in [3.8, 4) is 0 Å². The molecule has 0 unspecified atom stereocenters. The van der Waals surface area contributed by atoms with E-state index in [0.717, 1.165) is 12.8 Å². The van der Waals surface area contributed by atoms with Gasteiger partial charge in [-0.1, -0.05) is 0 Å². The second-order valence-electron chi connectivity index (χ2n) is 4.02. The average molecular weight is 223 g/mol. The maximum absolute atomic E-state index is 12.6. The van der Waals surface area contributed by atoms with Crippen LogP contribution in [0.15, 0.2) is 18.3 Å². The summed E-state index contributed by atoms with van der Waals surface area (Å²) in [6.45, 7) is 1.28. The molecule has 86 valence electrons. The van der Waals surface area contributed by atoms with E-state index < -0.39 is 5.95 Å². The summed E-state index contributed by atoms with van der Waals surface area (Å²) in [6, 6.07) is 2.69. The highest BCUT2D eigenvalue weighted by atomic mass is 19.1. The average Bonchev–Trinajstić information content (AvgIpc) is 2.29. The van der Waals surface area contributed by atoms with Gasteiger partial charge in [0.25, 0.3) is 5.91 Å². The minimum absolute atomic E-state index is 0.0473. The summed E-state index contributed by atoms with van der Waals surface area (Å²) in [6.07, 6.45) is 3.13. The van der Waals surface area contributed by atoms with E-state index >= 15 is 0 Å². The topological polar surface area (TPSA) is 59.2 Å². The quantitative estimate of drug-likeness (QED) is 0.716. The molecule has 1 aliphatic heterocycles. The molecule has 2 N–H and O–H groups in total. The molecule has 5 heteroatoms. The van der Waals surface area contributed by atoms with Gasteiger partial charge in [-0.15, -0.1) is 0 Å². The number of aromatic nitrogens is 1. The lowest BCUT2D eigenvalue weighted by atomic mass is 10.1. The van der Waals surface area contributed by atoms with Crippen LogP contribution in [0.2, 0.25) is 0 Å². The van der Waals surface area contributed by atoms with Crippen molar-refractivity contribution in [3.63, 3.8) is 0 Å². The molecule has 0 spiro atoms. The number of nitrogens with zero attached hydrogens (tertiary/aromatic N) is 2. The lowest BCUT2D eigenvalue weighted by Crippen LogP contribution is -2.45. The lowest BCUT2D eigenvalue weighted by molar-refractivity contribution is 0.0708. The lowest BCUT2D eigenvalue weighted by Gasteiger charge is -2.30. The van der Waals surface area contributed by atoms with Crippen LogP contribution in [0.3, 0.4) is 0 Å². The zero-order chi connectivity index (χ0) is 11.5. The standard InChI is InChI=1S/C11H14FN3O/c12-10-4-3-8(6-14-10)11(16)15-5-1-2-9(13)7-15/h3-4,6,9H,1-2,5,7,13H2/t9-/m0/s1. The molecule has 0 bridgehead atoms. The summed E-state index contributed by atoms with van der Waals surface area (Å²) < 4.78 is 12.6. The number of hydrogen-bond acceptors (Lipinski definition) is 3. The number of hydrogen-bond donors (Lipinski definition) is 1. The Labute approximate surface area is 93.3 Å². The van der Waals surface area contributed by atoms with Gasteiger partial charge in [-0.05, 0) is 25.0 Å². The van der Waals surface area contributed by atoms with Gasteiger partial charge in [0.05, 0.1) is 5.56 Å². The Kier molecular flexibility index (Phi) is 3.14. The van der Waals surface area contributed by atoms with Gasteiger partial charge in [0.1, 0.15) is 0 Å². The number of halogens is 1. The first-order chi connectivity index (χ1) is 7.66. The number of carbonyl (C=O) groups excluding carboxylic acids is 1. The zero-order valence-electron chi connectivity index (χ0n) is 8.90. The van der Waals surface area contributed by atoms with Crippen LogP contribution in [-0.2, 0) is 0 Å². The third kappa shape index (κ3) is 2.36. The van der Waals surface area contributed by atoms with E-state index in [9.17, 15) is 9.18 Å². The van der Waals surface area contributed by atoms with Crippen LogP contribution in [-0.4, -0.2) is 34.9 Å². The SMILES string of the molecule is N[C@H]1CCCN(C(=O)c2ccc(F)nc2)C1. The molecular weight excluding hydrogens is 209 g/mol. The van der Waals surface area contributed by atoms with Crippen molar-refractivity contribution in [1.29, 1.82) is 0 Å². The van der Waals surface area contributed by atoms with E-state index in [4.69, 9.17) is 5.73 Å². The first kappa shape index (κ1) is 11.0. The van der Waals surface area contributed by atoms with Gasteiger partial charge in [-0.25, -0.2) is 4.98 Å². The number of piperidine rings is 1. The molecule has 2 rings (SSSR count). The molecule has 0 radical (unpaired) electrons. The Morgan fingerprint density at radius 3 is 3.00 bits per heavy atom. The van der Waals surface area contributed by atoms with Crippen LogP contribution >= 0.6 is 0 Å². The molecule has 0 aliphatic carbocycles. The van der Waals surface area contributed by atoms with Crippen LogP contribution in [0.4, 0.5) is 4.39 Å². The van der Waals surface area contributed by atoms with Gasteiger partial charge in [-0.3, -0.25) is 4.79 Å². The maximum atomic E-state index is 12.6. The molecule has 1 aromatic rings. The number of rotatable bonds is 1. The zero-order valence-corrected chi connectivity index (χ0v) is 8.90. The number of amides is 1. The van der Waals surface area contributed by atoms with Crippen molar-refractivity contribution < 1.29 is 9.18 Å². The molecular formula is C11H14FN3O. The highest BCUT2D eigenvalue weighted by Gasteiger charge is 2.22. The minimum atomic E-state index is -0.577. The van der Waals surface area contributed by atoms with Crippen LogP contribution < -0.4 is 5.73 Å². The fourth-order valence-electron chi connectivity index (χ4n) is 1.88. The third-order valence-electron chi connectivity index (χ3n) is 2.72. The monoisotopic (exact) mass is 223 g/mol. The highest BCUT2D eigenvalue weighted by molar-refractivity contribution is 5.93. The van der Waals surface area contributed by atoms with Crippen molar-refractivity contribution in [2.24, 2.45) is 5.73 Å². The van der Waals surface area contributed by atoms with E-state index in [2.05, 4.69) is 4.98 Å². The highest BCUT2D eigenvalue weighted by Crippen LogP contribution is 2.12. The van der Waals surface area contributed by atoms with Crippen molar-refractivity contribution >= 4 is 5.91 Å². The Hall–Kier alpha value is -1.49. The van der Waals surface area contributed by atoms with Gasteiger partial charge in [0.15, 0.2) is 0 Å². The Balaban J connectivity index is 2.09. The van der Waals surface area contributed by atoms with Crippen LogP contribution in [0.25, 0.3) is 0 Å². The Morgan fingerprint density at radius 1 is 1.56 bits per heavy atom. The van der Waals surface area contributed by atoms with Gasteiger partial charge in [0, 0.05) is 25.3 Å². The van der Waals surface area contributed by atoms with Gasteiger partial charge in [-0.2, -0.15) is 4.39 Å². The summed E-state index contributed by atoms with van der Waals surface area (Å²) in [5.74, 6) is -0.699. The Morgan fingerprint density at radius 2 is 2.38 bits per heavy atom. The number of carbonyl (C=O) groups is 1. The second-order valence-corrected chi connectivity index (χ2v) is 4.02. The van der Waals surface area contributed by atoms with E-state index in [1.807, 2.05) is 0 Å². The number of likely N-dealkylation sites (tertiary alicyclic amines) is 1. The molecule has 16 heavy (non-hydrogen) atoms. The first-order valence-corrected chi connectivity index (χ1v) is 5.33. The van der Waals surface area contributed by atoms with Crippen LogP contribution in [0, 0.1) is 5.95 Å². The van der Waals surface area contributed by atoms with Crippen LogP contribution in [0.5, 0.6) is 0 Å². The van der Waals surface area contributed by atoms with Crippen LogP contribution in [0.1, 0.15) is 23.2 Å². The second kappa shape index (κ2) is 4.57. The molecule has 4 nitrogen and oxygen atoms in total. The Bertz CT molecular complexity index is 379. The van der Waals surface area contributed by atoms with E-state index in [1.54, 1.807) is 4.90 Å². The predicted octanol–water partition coefficient (Wildman–Crippen LogP) is 0.784. The fraction of sp³-hybridized carbons (Fsp3) is 0.455. The van der Waals surface area contributed by atoms with Gasteiger partial charge >= 0.3 is 0 Å². The van der Waals surface area contributed by atoms with E-state index in [1.165, 1.54) is 18.3 Å². The summed E-state index contributed by atoms with van der Waals surface area (Å²) in [7, 11) is 0. The molecule has 1 saturated heterocycles. The molecule has 0 aromatic carbocycles. The summed E-state index contributed by atoms with van der Waals surface area (Å²) in [5, 5.41) is 0. The largest absolute Gasteiger partial charge is 0.337 e. The van der Waals surface area contributed by atoms with Crippen molar-refractivity contribution in [2.75, 3.05) is 13.1 Å². The predicted molar refractivity (Wildman–Crippen MR) is 57.3 cm³/mol.